The second-order valence-electron chi connectivity index (χ2n) is 1.49. The Hall–Kier alpha value is 0.540. The Kier molecular flexibility index (Phi) is 9.82. The normalized spacial score (nSPS) is 8.57. The summed E-state index contributed by atoms with van der Waals surface area (Å²) in [5.74, 6) is 0.729. The molecule has 0 fully saturated rings. The van der Waals surface area contributed by atoms with Gasteiger partial charge in [0.25, 0.3) is 0 Å². The first-order valence-corrected chi connectivity index (χ1v) is 2.51. The lowest BCUT2D eigenvalue weighted by Gasteiger charge is -2.02. The molecule has 0 atom stereocenters. The molecule has 0 aromatic carbocycles. The minimum absolute atomic E-state index is 0. The molecule has 0 saturated carbocycles. The van der Waals surface area contributed by atoms with E-state index in [2.05, 4.69) is 0 Å². The fourth-order valence-corrected chi connectivity index (χ4v) is 0.507. The Labute approximate surface area is 56.1 Å². The summed E-state index contributed by atoms with van der Waals surface area (Å²) >= 11 is 5.35. The minimum Gasteiger partial charge on any atom is -1.00 e. The summed E-state index contributed by atoms with van der Waals surface area (Å²) in [7, 11) is 4.00. The van der Waals surface area contributed by atoms with Crippen molar-refractivity contribution in [1.82, 2.24) is 4.90 Å². The van der Waals surface area contributed by atoms with Gasteiger partial charge in [0.15, 0.2) is 0 Å². The summed E-state index contributed by atoms with van der Waals surface area (Å²) < 4.78 is 0. The lowest BCUT2D eigenvalue weighted by molar-refractivity contribution is -0.00000136. The summed E-state index contributed by atoms with van der Waals surface area (Å²) in [6.45, 7) is 0.974. The van der Waals surface area contributed by atoms with E-state index in [0.717, 1.165) is 12.4 Å². The molecule has 1 nitrogen and oxygen atoms in total. The van der Waals surface area contributed by atoms with Crippen LogP contribution in [-0.4, -0.2) is 31.4 Å². The van der Waals surface area contributed by atoms with Gasteiger partial charge < -0.3 is 17.3 Å². The maximum absolute atomic E-state index is 5.35. The van der Waals surface area contributed by atoms with E-state index in [9.17, 15) is 0 Å². The lowest BCUT2D eigenvalue weighted by atomic mass is 10.7. The van der Waals surface area contributed by atoms with Gasteiger partial charge in [0.2, 0.25) is 0 Å². The molecular formula is C4H10Cl2N-. The van der Waals surface area contributed by atoms with Gasteiger partial charge in [-0.2, -0.15) is 0 Å². The maximum atomic E-state index is 5.35. The van der Waals surface area contributed by atoms with E-state index in [0.29, 0.717) is 0 Å². The predicted molar refractivity (Wildman–Crippen MR) is 29.3 cm³/mol. The number of hydrogen-bond donors (Lipinski definition) is 0. The highest BCUT2D eigenvalue weighted by atomic mass is 35.5. The second kappa shape index (κ2) is 6.54. The van der Waals surface area contributed by atoms with Gasteiger partial charge in [0.05, 0.1) is 0 Å². The maximum Gasteiger partial charge on any atom is 0.0350 e. The molecule has 0 heterocycles. The van der Waals surface area contributed by atoms with Crippen molar-refractivity contribution in [2.45, 2.75) is 0 Å². The van der Waals surface area contributed by atoms with Crippen molar-refractivity contribution in [3.8, 4) is 0 Å². The van der Waals surface area contributed by atoms with Gasteiger partial charge >= 0.3 is 0 Å². The molecule has 0 unspecified atom stereocenters. The molecule has 0 rings (SSSR count). The fourth-order valence-electron chi connectivity index (χ4n) is 0.169. The molecule has 0 aliphatic carbocycles. The fraction of sp³-hybridized carbons (Fsp3) is 1.00. The number of nitrogens with zero attached hydrogens (tertiary/aromatic N) is 1. The molecule has 0 spiro atoms. The van der Waals surface area contributed by atoms with Crippen LogP contribution in [0.1, 0.15) is 0 Å². The summed E-state index contributed by atoms with van der Waals surface area (Å²) in [6.07, 6.45) is 0. The highest BCUT2D eigenvalue weighted by Crippen LogP contribution is 1.75. The Bertz CT molecular complexity index is 30.9. The molecule has 3 heteroatoms. The summed E-state index contributed by atoms with van der Waals surface area (Å²) in [4.78, 5) is 2.05. The standard InChI is InChI=1S/C4H10ClN.ClH/c1-6(2)4-3-5;/h3-4H2,1-2H3;1H/p-1. The van der Waals surface area contributed by atoms with Crippen LogP contribution < -0.4 is 12.4 Å². The van der Waals surface area contributed by atoms with Gasteiger partial charge in [-0.25, -0.2) is 0 Å². The van der Waals surface area contributed by atoms with Crippen molar-refractivity contribution in [2.24, 2.45) is 0 Å². The lowest BCUT2D eigenvalue weighted by Crippen LogP contribution is -3.00. The molecule has 0 aliphatic rings. The third-order valence-electron chi connectivity index (χ3n) is 0.532. The van der Waals surface area contributed by atoms with Crippen LogP contribution in [0.15, 0.2) is 0 Å². The molecule has 0 saturated heterocycles. The van der Waals surface area contributed by atoms with E-state index in [1.807, 2.05) is 19.0 Å². The number of rotatable bonds is 2. The van der Waals surface area contributed by atoms with Crippen LogP contribution in [0.3, 0.4) is 0 Å². The van der Waals surface area contributed by atoms with Gasteiger partial charge in [-0.05, 0) is 14.1 Å². The molecule has 0 amide bonds. The number of hydrogen-bond acceptors (Lipinski definition) is 1. The highest BCUT2D eigenvalue weighted by Gasteiger charge is 1.81. The molecule has 0 radical (unpaired) electrons. The Morgan fingerprint density at radius 1 is 1.43 bits per heavy atom. The average molecular weight is 143 g/mol. The molecule has 0 N–H and O–H groups in total. The van der Waals surface area contributed by atoms with Gasteiger partial charge in [0.1, 0.15) is 0 Å². The first-order chi connectivity index (χ1) is 2.77. The zero-order valence-corrected chi connectivity index (χ0v) is 6.13. The van der Waals surface area contributed by atoms with E-state index in [-0.39, 0.29) is 12.4 Å². The van der Waals surface area contributed by atoms with Gasteiger partial charge in [-0.3, -0.25) is 0 Å². The van der Waals surface area contributed by atoms with Crippen LogP contribution in [0.4, 0.5) is 0 Å². The van der Waals surface area contributed by atoms with Crippen molar-refractivity contribution in [3.05, 3.63) is 0 Å². The van der Waals surface area contributed by atoms with Crippen molar-refractivity contribution < 1.29 is 12.4 Å². The van der Waals surface area contributed by atoms with Gasteiger partial charge in [0, 0.05) is 12.4 Å². The molecule has 0 aromatic heterocycles. The van der Waals surface area contributed by atoms with Crippen molar-refractivity contribution in [3.63, 3.8) is 0 Å². The van der Waals surface area contributed by atoms with E-state index in [1.165, 1.54) is 0 Å². The van der Waals surface area contributed by atoms with Crippen LogP contribution in [0.2, 0.25) is 0 Å². The van der Waals surface area contributed by atoms with E-state index < -0.39 is 0 Å². The zero-order valence-electron chi connectivity index (χ0n) is 4.62. The molecule has 0 bridgehead atoms. The third kappa shape index (κ3) is 10.8. The quantitative estimate of drug-likeness (QED) is 0.396. The third-order valence-corrected chi connectivity index (χ3v) is 0.701. The van der Waals surface area contributed by atoms with Crippen molar-refractivity contribution in [1.29, 1.82) is 0 Å². The molecule has 7 heavy (non-hydrogen) atoms. The largest absolute Gasteiger partial charge is 1.00 e. The molecule has 0 aromatic rings. The van der Waals surface area contributed by atoms with Gasteiger partial charge in [-0.15, -0.1) is 11.6 Å². The summed E-state index contributed by atoms with van der Waals surface area (Å²) in [6, 6.07) is 0. The zero-order chi connectivity index (χ0) is 4.99. The Morgan fingerprint density at radius 3 is 1.86 bits per heavy atom. The first-order valence-electron chi connectivity index (χ1n) is 1.98. The van der Waals surface area contributed by atoms with Crippen LogP contribution in [0.5, 0.6) is 0 Å². The van der Waals surface area contributed by atoms with Crippen LogP contribution in [0, 0.1) is 0 Å². The Morgan fingerprint density at radius 2 is 1.86 bits per heavy atom. The van der Waals surface area contributed by atoms with Crippen LogP contribution in [-0.2, 0) is 0 Å². The molecular weight excluding hydrogens is 133 g/mol. The molecule has 46 valence electrons. The monoisotopic (exact) mass is 142 g/mol. The summed E-state index contributed by atoms with van der Waals surface area (Å²) in [5, 5.41) is 0. The van der Waals surface area contributed by atoms with E-state index >= 15 is 0 Å². The van der Waals surface area contributed by atoms with Crippen molar-refractivity contribution >= 4 is 11.6 Å². The van der Waals surface area contributed by atoms with Crippen LogP contribution >= 0.6 is 11.6 Å². The van der Waals surface area contributed by atoms with Gasteiger partial charge in [-0.1, -0.05) is 0 Å². The topological polar surface area (TPSA) is 3.24 Å². The number of alkyl halides is 1. The smallest absolute Gasteiger partial charge is 0.0350 e. The highest BCUT2D eigenvalue weighted by molar-refractivity contribution is 6.18. The Balaban J connectivity index is 0. The van der Waals surface area contributed by atoms with E-state index in [1.54, 1.807) is 0 Å². The average Bonchev–Trinajstić information content (AvgIpc) is 1.35. The second-order valence-corrected chi connectivity index (χ2v) is 1.87. The minimum atomic E-state index is 0. The summed E-state index contributed by atoms with van der Waals surface area (Å²) in [5.41, 5.74) is 0. The number of halogens is 2. The van der Waals surface area contributed by atoms with Crippen LogP contribution in [0.25, 0.3) is 0 Å². The van der Waals surface area contributed by atoms with Crippen molar-refractivity contribution in [2.75, 3.05) is 26.5 Å². The SMILES string of the molecule is CN(C)CCCl.[Cl-]. The van der Waals surface area contributed by atoms with E-state index in [4.69, 9.17) is 11.6 Å². The molecule has 0 aliphatic heterocycles. The predicted octanol–water partition coefficient (Wildman–Crippen LogP) is -2.21. The first kappa shape index (κ1) is 10.5.